The van der Waals surface area contributed by atoms with Crippen molar-refractivity contribution in [2.75, 3.05) is 13.2 Å². The molecule has 0 bridgehead atoms. The molecule has 0 radical (unpaired) electrons. The molecule has 0 spiro atoms. The van der Waals surface area contributed by atoms with Gasteiger partial charge >= 0.3 is 0 Å². The van der Waals surface area contributed by atoms with Crippen LogP contribution < -0.4 is 5.32 Å². The zero-order chi connectivity index (χ0) is 15.4. The molecule has 7 nitrogen and oxygen atoms in total. The van der Waals surface area contributed by atoms with Gasteiger partial charge in [0.1, 0.15) is 11.3 Å². The Morgan fingerprint density at radius 3 is 2.90 bits per heavy atom. The second-order valence-electron chi connectivity index (χ2n) is 5.13. The number of nitro groups is 1. The summed E-state index contributed by atoms with van der Waals surface area (Å²) < 4.78 is 0. The first-order valence-corrected chi connectivity index (χ1v) is 7.09. The van der Waals surface area contributed by atoms with E-state index in [9.17, 15) is 20.0 Å². The zero-order valence-corrected chi connectivity index (χ0v) is 12.0. The highest BCUT2D eigenvalue weighted by atomic mass is 35.5. The van der Waals surface area contributed by atoms with Crippen LogP contribution in [-0.2, 0) is 0 Å². The lowest BCUT2D eigenvalue weighted by atomic mass is 9.97. The third-order valence-corrected chi connectivity index (χ3v) is 4.16. The number of aliphatic hydroxyl groups is 1. The van der Waals surface area contributed by atoms with Crippen molar-refractivity contribution >= 4 is 23.2 Å². The van der Waals surface area contributed by atoms with Crippen LogP contribution in [0, 0.1) is 22.0 Å². The van der Waals surface area contributed by atoms with E-state index in [1.165, 1.54) is 0 Å². The van der Waals surface area contributed by atoms with Crippen molar-refractivity contribution in [3.63, 3.8) is 0 Å². The van der Waals surface area contributed by atoms with Crippen LogP contribution in [0.2, 0.25) is 5.15 Å². The minimum atomic E-state index is -0.626. The minimum Gasteiger partial charge on any atom is -0.396 e. The van der Waals surface area contributed by atoms with Crippen molar-refractivity contribution in [2.45, 2.75) is 19.3 Å². The number of amides is 1. The van der Waals surface area contributed by atoms with E-state index < -0.39 is 10.8 Å². The molecule has 1 aromatic heterocycles. The molecule has 1 saturated carbocycles. The monoisotopic (exact) mass is 313 g/mol. The Bertz CT molecular complexity index is 552. The first-order chi connectivity index (χ1) is 10.0. The van der Waals surface area contributed by atoms with Gasteiger partial charge in [-0.15, -0.1) is 0 Å². The summed E-state index contributed by atoms with van der Waals surface area (Å²) in [4.78, 5) is 25.8. The molecule has 2 N–H and O–H groups in total. The summed E-state index contributed by atoms with van der Waals surface area (Å²) in [5.74, 6) is -0.0619. The van der Waals surface area contributed by atoms with Crippen molar-refractivity contribution in [1.82, 2.24) is 10.3 Å². The molecule has 1 heterocycles. The molecule has 0 saturated heterocycles. The van der Waals surface area contributed by atoms with Gasteiger partial charge in [-0.1, -0.05) is 18.0 Å². The van der Waals surface area contributed by atoms with Gasteiger partial charge in [0.2, 0.25) is 0 Å². The number of aliphatic hydroxyl groups excluding tert-OH is 1. The normalized spacial score (nSPS) is 21.2. The molecule has 0 aliphatic heterocycles. The first-order valence-electron chi connectivity index (χ1n) is 6.72. The van der Waals surface area contributed by atoms with Crippen molar-refractivity contribution in [3.8, 4) is 0 Å². The lowest BCUT2D eigenvalue weighted by molar-refractivity contribution is -0.385. The van der Waals surface area contributed by atoms with Gasteiger partial charge in [0.25, 0.3) is 11.6 Å². The third kappa shape index (κ3) is 3.68. The number of nitrogens with one attached hydrogen (secondary N) is 1. The number of carbonyl (C=O) groups is 1. The molecule has 1 aliphatic carbocycles. The molecular formula is C13H16ClN3O4. The lowest BCUT2D eigenvalue weighted by Crippen LogP contribution is -2.32. The van der Waals surface area contributed by atoms with Crippen LogP contribution in [0.4, 0.5) is 5.69 Å². The van der Waals surface area contributed by atoms with Gasteiger partial charge in [-0.25, -0.2) is 4.98 Å². The summed E-state index contributed by atoms with van der Waals surface area (Å²) >= 11 is 5.81. The second kappa shape index (κ2) is 6.82. The highest BCUT2D eigenvalue weighted by Gasteiger charge is 2.27. The average Bonchev–Trinajstić information content (AvgIpc) is 2.92. The highest BCUT2D eigenvalue weighted by Crippen LogP contribution is 2.30. The molecule has 114 valence electrons. The highest BCUT2D eigenvalue weighted by molar-refractivity contribution is 6.32. The molecule has 1 aliphatic rings. The maximum absolute atomic E-state index is 12.1. The maximum Gasteiger partial charge on any atom is 0.288 e. The van der Waals surface area contributed by atoms with Crippen molar-refractivity contribution in [2.24, 2.45) is 11.8 Å². The fourth-order valence-electron chi connectivity index (χ4n) is 2.64. The molecular weight excluding hydrogens is 298 g/mol. The summed E-state index contributed by atoms with van der Waals surface area (Å²) in [6.45, 7) is 0.530. The summed E-state index contributed by atoms with van der Waals surface area (Å²) in [5, 5.41) is 22.6. The Balaban J connectivity index is 2.03. The predicted molar refractivity (Wildman–Crippen MR) is 76.2 cm³/mol. The Morgan fingerprint density at radius 2 is 2.24 bits per heavy atom. The number of nitrogens with zero attached hydrogens (tertiary/aromatic N) is 2. The minimum absolute atomic E-state index is 0.00980. The SMILES string of the molecule is O=C(NCC1CCCC1CO)c1cc([N+](=O)[O-])cnc1Cl. The molecule has 21 heavy (non-hydrogen) atoms. The van der Waals surface area contributed by atoms with Gasteiger partial charge in [0.05, 0.1) is 10.5 Å². The number of hydrogen-bond donors (Lipinski definition) is 2. The Hall–Kier alpha value is -1.73. The second-order valence-corrected chi connectivity index (χ2v) is 5.49. The van der Waals surface area contributed by atoms with Gasteiger partial charge in [-0.05, 0) is 24.7 Å². The summed E-state index contributed by atoms with van der Waals surface area (Å²) in [6, 6.07) is 1.11. The third-order valence-electron chi connectivity index (χ3n) is 3.86. The number of aromatic nitrogens is 1. The van der Waals surface area contributed by atoms with Crippen molar-refractivity contribution in [1.29, 1.82) is 0 Å². The quantitative estimate of drug-likeness (QED) is 0.489. The zero-order valence-electron chi connectivity index (χ0n) is 11.3. The van der Waals surface area contributed by atoms with E-state index in [2.05, 4.69) is 10.3 Å². The van der Waals surface area contributed by atoms with Crippen molar-refractivity contribution in [3.05, 3.63) is 33.1 Å². The predicted octanol–water partition coefficient (Wildman–Crippen LogP) is 1.78. The largest absolute Gasteiger partial charge is 0.396 e. The standard InChI is InChI=1S/C13H16ClN3O4/c14-12-11(4-10(6-15-12)17(20)21)13(19)16-5-8-2-1-3-9(8)7-18/h4,6,8-9,18H,1-3,5,7H2,(H,16,19). The van der Waals surface area contributed by atoms with E-state index in [-0.39, 0.29) is 34.8 Å². The summed E-state index contributed by atoms with van der Waals surface area (Å²) in [6.07, 6.45) is 3.95. The number of carbonyl (C=O) groups excluding carboxylic acids is 1. The van der Waals surface area contributed by atoms with E-state index in [1.54, 1.807) is 0 Å². The van der Waals surface area contributed by atoms with Gasteiger partial charge < -0.3 is 10.4 Å². The first kappa shape index (κ1) is 15.7. The van der Waals surface area contributed by atoms with E-state index >= 15 is 0 Å². The fraction of sp³-hybridized carbons (Fsp3) is 0.538. The maximum atomic E-state index is 12.1. The Morgan fingerprint density at radius 1 is 1.52 bits per heavy atom. The van der Waals surface area contributed by atoms with Gasteiger partial charge in [-0.3, -0.25) is 14.9 Å². The fourth-order valence-corrected chi connectivity index (χ4v) is 2.83. The summed E-state index contributed by atoms with van der Waals surface area (Å²) in [5.41, 5.74) is -0.289. The molecule has 0 aromatic carbocycles. The molecule has 2 unspecified atom stereocenters. The number of pyridine rings is 1. The van der Waals surface area contributed by atoms with Crippen LogP contribution in [0.15, 0.2) is 12.3 Å². The van der Waals surface area contributed by atoms with Gasteiger partial charge in [-0.2, -0.15) is 0 Å². The topological polar surface area (TPSA) is 105 Å². The summed E-state index contributed by atoms with van der Waals surface area (Å²) in [7, 11) is 0. The van der Waals surface area contributed by atoms with E-state index in [1.807, 2.05) is 0 Å². The molecule has 1 amide bonds. The van der Waals surface area contributed by atoms with Gasteiger partial charge in [0.15, 0.2) is 0 Å². The molecule has 8 heteroatoms. The van der Waals surface area contributed by atoms with E-state index in [0.717, 1.165) is 31.5 Å². The van der Waals surface area contributed by atoms with Crippen LogP contribution in [0.3, 0.4) is 0 Å². The van der Waals surface area contributed by atoms with Crippen LogP contribution >= 0.6 is 11.6 Å². The molecule has 1 fully saturated rings. The number of rotatable bonds is 5. The lowest BCUT2D eigenvalue weighted by Gasteiger charge is -2.17. The van der Waals surface area contributed by atoms with Gasteiger partial charge in [0, 0.05) is 19.2 Å². The molecule has 2 atom stereocenters. The average molecular weight is 314 g/mol. The Kier molecular flexibility index (Phi) is 5.08. The smallest absolute Gasteiger partial charge is 0.288 e. The van der Waals surface area contributed by atoms with Crippen molar-refractivity contribution < 1.29 is 14.8 Å². The number of hydrogen-bond acceptors (Lipinski definition) is 5. The van der Waals surface area contributed by atoms with Crippen LogP contribution in [0.1, 0.15) is 29.6 Å². The molecule has 1 aromatic rings. The molecule has 2 rings (SSSR count). The van der Waals surface area contributed by atoms with Crippen LogP contribution in [0.5, 0.6) is 0 Å². The van der Waals surface area contributed by atoms with Crippen LogP contribution in [0.25, 0.3) is 0 Å². The van der Waals surface area contributed by atoms with E-state index in [4.69, 9.17) is 11.6 Å². The van der Waals surface area contributed by atoms with E-state index in [0.29, 0.717) is 6.54 Å². The van der Waals surface area contributed by atoms with Crippen LogP contribution in [-0.4, -0.2) is 34.1 Å². The number of halogens is 1. The Labute approximate surface area is 126 Å².